The third-order valence-electron chi connectivity index (χ3n) is 2.39. The number of nitro benzene ring substituents is 1. The second-order valence-corrected chi connectivity index (χ2v) is 4.29. The van der Waals surface area contributed by atoms with Crippen LogP contribution in [0.3, 0.4) is 0 Å². The van der Waals surface area contributed by atoms with Gasteiger partial charge in [-0.25, -0.2) is 0 Å². The number of rotatable bonds is 4. The minimum absolute atomic E-state index is 0.0209. The number of nitro groups is 1. The van der Waals surface area contributed by atoms with Crippen LogP contribution in [0.25, 0.3) is 0 Å². The van der Waals surface area contributed by atoms with Crippen LogP contribution in [0.4, 0.5) is 11.4 Å². The minimum atomic E-state index is -0.461. The molecule has 0 aliphatic carbocycles. The molecule has 106 valence electrons. The SMILES string of the molecule is O=[N+]([O-])c1ccc(NC(=S)N/N=C/c2ccccn2)cc1. The first kappa shape index (κ1) is 14.5. The van der Waals surface area contributed by atoms with Crippen LogP contribution in [-0.2, 0) is 0 Å². The predicted octanol–water partition coefficient (Wildman–Crippen LogP) is 2.31. The number of pyridine rings is 1. The molecule has 0 bridgehead atoms. The van der Waals surface area contributed by atoms with Gasteiger partial charge >= 0.3 is 0 Å². The summed E-state index contributed by atoms with van der Waals surface area (Å²) in [7, 11) is 0. The van der Waals surface area contributed by atoms with Crippen molar-refractivity contribution in [3.8, 4) is 0 Å². The molecule has 7 nitrogen and oxygen atoms in total. The molecule has 21 heavy (non-hydrogen) atoms. The topological polar surface area (TPSA) is 92.5 Å². The Labute approximate surface area is 125 Å². The summed E-state index contributed by atoms with van der Waals surface area (Å²) in [6, 6.07) is 11.4. The maximum absolute atomic E-state index is 10.5. The van der Waals surface area contributed by atoms with Crippen LogP contribution in [0.1, 0.15) is 5.69 Å². The first-order valence-corrected chi connectivity index (χ1v) is 6.31. The lowest BCUT2D eigenvalue weighted by Crippen LogP contribution is -2.23. The van der Waals surface area contributed by atoms with Crippen molar-refractivity contribution in [3.63, 3.8) is 0 Å². The number of benzene rings is 1. The summed E-state index contributed by atoms with van der Waals surface area (Å²) >= 11 is 5.05. The zero-order chi connectivity index (χ0) is 15.1. The number of non-ortho nitro benzene ring substituents is 1. The van der Waals surface area contributed by atoms with Crippen LogP contribution in [0.5, 0.6) is 0 Å². The smallest absolute Gasteiger partial charge is 0.269 e. The molecule has 0 saturated heterocycles. The number of hydrogen-bond donors (Lipinski definition) is 2. The summed E-state index contributed by atoms with van der Waals surface area (Å²) in [6.07, 6.45) is 3.19. The van der Waals surface area contributed by atoms with E-state index in [1.54, 1.807) is 24.4 Å². The van der Waals surface area contributed by atoms with E-state index in [4.69, 9.17) is 12.2 Å². The van der Waals surface area contributed by atoms with Crippen LogP contribution in [0, 0.1) is 10.1 Å². The fourth-order valence-electron chi connectivity index (χ4n) is 1.43. The maximum atomic E-state index is 10.5. The third-order valence-corrected chi connectivity index (χ3v) is 2.58. The molecule has 1 aromatic carbocycles. The molecule has 2 rings (SSSR count). The van der Waals surface area contributed by atoms with Crippen molar-refractivity contribution in [3.05, 3.63) is 64.5 Å². The maximum Gasteiger partial charge on any atom is 0.269 e. The van der Waals surface area contributed by atoms with Crippen LogP contribution in [0.15, 0.2) is 53.8 Å². The predicted molar refractivity (Wildman–Crippen MR) is 84.3 cm³/mol. The summed E-state index contributed by atoms with van der Waals surface area (Å²) in [4.78, 5) is 14.1. The Morgan fingerprint density at radius 2 is 2.05 bits per heavy atom. The van der Waals surface area contributed by atoms with E-state index in [-0.39, 0.29) is 10.8 Å². The number of nitrogens with zero attached hydrogens (tertiary/aromatic N) is 3. The van der Waals surface area contributed by atoms with Gasteiger partial charge in [0, 0.05) is 24.0 Å². The second-order valence-electron chi connectivity index (χ2n) is 3.88. The van der Waals surface area contributed by atoms with Gasteiger partial charge in [-0.2, -0.15) is 5.10 Å². The Kier molecular flexibility index (Phi) is 4.89. The highest BCUT2D eigenvalue weighted by Gasteiger charge is 2.04. The van der Waals surface area contributed by atoms with Crippen molar-refractivity contribution in [1.82, 2.24) is 10.4 Å². The van der Waals surface area contributed by atoms with E-state index in [0.29, 0.717) is 11.4 Å². The fraction of sp³-hybridized carbons (Fsp3) is 0. The second kappa shape index (κ2) is 7.06. The van der Waals surface area contributed by atoms with Gasteiger partial charge in [-0.15, -0.1) is 0 Å². The van der Waals surface area contributed by atoms with Crippen molar-refractivity contribution in [2.45, 2.75) is 0 Å². The number of aromatic nitrogens is 1. The first-order chi connectivity index (χ1) is 10.1. The Morgan fingerprint density at radius 1 is 1.29 bits per heavy atom. The van der Waals surface area contributed by atoms with Gasteiger partial charge in [-0.1, -0.05) is 6.07 Å². The summed E-state index contributed by atoms with van der Waals surface area (Å²) in [5, 5.41) is 17.6. The van der Waals surface area contributed by atoms with Crippen LogP contribution < -0.4 is 10.7 Å². The molecule has 1 aromatic heterocycles. The van der Waals surface area contributed by atoms with E-state index in [9.17, 15) is 10.1 Å². The average molecular weight is 301 g/mol. The molecule has 0 spiro atoms. The molecular weight excluding hydrogens is 290 g/mol. The first-order valence-electron chi connectivity index (χ1n) is 5.91. The largest absolute Gasteiger partial charge is 0.331 e. The molecule has 1 heterocycles. The molecular formula is C13H11N5O2S. The number of thiocarbonyl (C=S) groups is 1. The molecule has 0 saturated carbocycles. The molecule has 0 aliphatic heterocycles. The van der Waals surface area contributed by atoms with Crippen molar-refractivity contribution < 1.29 is 4.92 Å². The van der Waals surface area contributed by atoms with E-state index in [1.807, 2.05) is 12.1 Å². The zero-order valence-corrected chi connectivity index (χ0v) is 11.6. The highest BCUT2D eigenvalue weighted by atomic mass is 32.1. The molecule has 2 aromatic rings. The Morgan fingerprint density at radius 3 is 2.67 bits per heavy atom. The van der Waals surface area contributed by atoms with Gasteiger partial charge in [0.05, 0.1) is 16.8 Å². The molecule has 0 fully saturated rings. The Balaban J connectivity index is 1.87. The highest BCUT2D eigenvalue weighted by Crippen LogP contribution is 2.15. The Bertz CT molecular complexity index is 658. The van der Waals surface area contributed by atoms with Gasteiger partial charge in [0.1, 0.15) is 0 Å². The summed E-state index contributed by atoms with van der Waals surface area (Å²) in [5.74, 6) is 0. The molecule has 0 amide bonds. The van der Waals surface area contributed by atoms with Gasteiger partial charge in [-0.05, 0) is 36.5 Å². The molecule has 8 heteroatoms. The summed E-state index contributed by atoms with van der Waals surface area (Å²) < 4.78 is 0. The van der Waals surface area contributed by atoms with E-state index >= 15 is 0 Å². The van der Waals surface area contributed by atoms with Gasteiger partial charge in [0.2, 0.25) is 0 Å². The molecule has 2 N–H and O–H groups in total. The van der Waals surface area contributed by atoms with E-state index in [0.717, 1.165) is 0 Å². The monoisotopic (exact) mass is 301 g/mol. The third kappa shape index (κ3) is 4.62. The molecule has 0 radical (unpaired) electrons. The highest BCUT2D eigenvalue weighted by molar-refractivity contribution is 7.80. The summed E-state index contributed by atoms with van der Waals surface area (Å²) in [6.45, 7) is 0. The van der Waals surface area contributed by atoms with Crippen molar-refractivity contribution in [2.75, 3.05) is 5.32 Å². The minimum Gasteiger partial charge on any atom is -0.331 e. The van der Waals surface area contributed by atoms with Gasteiger partial charge < -0.3 is 5.32 Å². The van der Waals surface area contributed by atoms with Crippen LogP contribution >= 0.6 is 12.2 Å². The lowest BCUT2D eigenvalue weighted by atomic mass is 10.3. The quantitative estimate of drug-likeness (QED) is 0.389. The zero-order valence-electron chi connectivity index (χ0n) is 10.8. The number of nitrogens with one attached hydrogen (secondary N) is 2. The average Bonchev–Trinajstić information content (AvgIpc) is 2.49. The number of hydrazone groups is 1. The fourth-order valence-corrected chi connectivity index (χ4v) is 1.61. The normalized spacial score (nSPS) is 10.3. The van der Waals surface area contributed by atoms with Crippen molar-refractivity contribution in [2.24, 2.45) is 5.10 Å². The lowest BCUT2D eigenvalue weighted by molar-refractivity contribution is -0.384. The molecule has 0 unspecified atom stereocenters. The van der Waals surface area contributed by atoms with Crippen LogP contribution in [-0.4, -0.2) is 21.2 Å². The van der Waals surface area contributed by atoms with Gasteiger partial charge in [-0.3, -0.25) is 20.5 Å². The number of anilines is 1. The van der Waals surface area contributed by atoms with E-state index in [2.05, 4.69) is 20.8 Å². The molecule has 0 aliphatic rings. The Hall–Kier alpha value is -2.87. The standard InChI is InChI=1S/C13H11N5O2S/c19-18(20)12-6-4-10(5-7-12)16-13(21)17-15-9-11-3-1-2-8-14-11/h1-9H,(H2,16,17,21)/b15-9+. The van der Waals surface area contributed by atoms with Crippen LogP contribution in [0.2, 0.25) is 0 Å². The lowest BCUT2D eigenvalue weighted by Gasteiger charge is -2.06. The molecule has 0 atom stereocenters. The number of hydrogen-bond acceptors (Lipinski definition) is 5. The van der Waals surface area contributed by atoms with E-state index in [1.165, 1.54) is 18.3 Å². The van der Waals surface area contributed by atoms with E-state index < -0.39 is 4.92 Å². The van der Waals surface area contributed by atoms with Crippen molar-refractivity contribution >= 4 is 34.9 Å². The van der Waals surface area contributed by atoms with Gasteiger partial charge in [0.25, 0.3) is 5.69 Å². The van der Waals surface area contributed by atoms with Gasteiger partial charge in [0.15, 0.2) is 5.11 Å². The van der Waals surface area contributed by atoms with Crippen molar-refractivity contribution in [1.29, 1.82) is 0 Å². The summed E-state index contributed by atoms with van der Waals surface area (Å²) in [5.41, 5.74) is 3.98.